The topological polar surface area (TPSA) is 68.0 Å². The molecule has 0 radical (unpaired) electrons. The average Bonchev–Trinajstić information content (AvgIpc) is 2.69. The van der Waals surface area contributed by atoms with Gasteiger partial charge in [-0.3, -0.25) is 4.79 Å². The lowest BCUT2D eigenvalue weighted by atomic mass is 10.0. The van der Waals surface area contributed by atoms with Crippen LogP contribution in [0.1, 0.15) is 13.8 Å². The maximum Gasteiger partial charge on any atom is 0.230 e. The standard InChI is InChI=1S/C12H15N3OS.ClH/c1-7(8(2)13)11(16)15-12-14-9-5-3-4-6-10(9)17-12;/h3-8H,13H2,1-2H3,(H,14,15,16);1H. The van der Waals surface area contributed by atoms with E-state index in [1.54, 1.807) is 0 Å². The number of fused-ring (bicyclic) bond motifs is 1. The van der Waals surface area contributed by atoms with Gasteiger partial charge in [0.2, 0.25) is 5.91 Å². The Morgan fingerprint density at radius 1 is 1.39 bits per heavy atom. The Kier molecular flexibility index (Phi) is 5.07. The summed E-state index contributed by atoms with van der Waals surface area (Å²) in [5, 5.41) is 3.43. The number of nitrogens with one attached hydrogen (secondary N) is 1. The molecule has 0 aliphatic heterocycles. The molecule has 1 amide bonds. The summed E-state index contributed by atoms with van der Waals surface area (Å²) in [6, 6.07) is 7.63. The number of nitrogens with zero attached hydrogens (tertiary/aromatic N) is 1. The lowest BCUT2D eigenvalue weighted by molar-refractivity contribution is -0.119. The molecule has 3 N–H and O–H groups in total. The molecule has 4 nitrogen and oxygen atoms in total. The first-order chi connectivity index (χ1) is 8.08. The Labute approximate surface area is 116 Å². The molecule has 1 aromatic heterocycles. The highest BCUT2D eigenvalue weighted by atomic mass is 35.5. The zero-order valence-corrected chi connectivity index (χ0v) is 11.8. The Hall–Kier alpha value is -1.17. The van der Waals surface area contributed by atoms with Gasteiger partial charge >= 0.3 is 0 Å². The monoisotopic (exact) mass is 285 g/mol. The van der Waals surface area contributed by atoms with Gasteiger partial charge in [-0.1, -0.05) is 30.4 Å². The number of halogens is 1. The van der Waals surface area contributed by atoms with Crippen molar-refractivity contribution < 1.29 is 4.79 Å². The number of carbonyl (C=O) groups excluding carboxylic acids is 1. The molecule has 18 heavy (non-hydrogen) atoms. The van der Waals surface area contributed by atoms with Crippen molar-refractivity contribution in [3.8, 4) is 0 Å². The van der Waals surface area contributed by atoms with Gasteiger partial charge < -0.3 is 11.1 Å². The van der Waals surface area contributed by atoms with Gasteiger partial charge in [0, 0.05) is 6.04 Å². The first-order valence-corrected chi connectivity index (χ1v) is 6.31. The van der Waals surface area contributed by atoms with E-state index in [1.165, 1.54) is 11.3 Å². The van der Waals surface area contributed by atoms with Crippen LogP contribution in [0.4, 0.5) is 5.13 Å². The van der Waals surface area contributed by atoms with Crippen molar-refractivity contribution in [3.63, 3.8) is 0 Å². The normalized spacial score (nSPS) is 13.7. The minimum atomic E-state index is -0.220. The van der Waals surface area contributed by atoms with Crippen molar-refractivity contribution in [1.29, 1.82) is 0 Å². The van der Waals surface area contributed by atoms with Gasteiger partial charge in [0.25, 0.3) is 0 Å². The molecular formula is C12H16ClN3OS. The van der Waals surface area contributed by atoms with Crippen LogP contribution < -0.4 is 11.1 Å². The fraction of sp³-hybridized carbons (Fsp3) is 0.333. The molecule has 1 heterocycles. The molecular weight excluding hydrogens is 270 g/mol. The zero-order chi connectivity index (χ0) is 12.4. The minimum Gasteiger partial charge on any atom is -0.327 e. The fourth-order valence-corrected chi connectivity index (χ4v) is 2.25. The highest BCUT2D eigenvalue weighted by Gasteiger charge is 2.18. The van der Waals surface area contributed by atoms with Crippen molar-refractivity contribution in [1.82, 2.24) is 4.98 Å². The molecule has 0 saturated carbocycles. The Morgan fingerprint density at radius 3 is 2.67 bits per heavy atom. The quantitative estimate of drug-likeness (QED) is 0.911. The van der Waals surface area contributed by atoms with E-state index in [0.29, 0.717) is 5.13 Å². The Balaban J connectivity index is 0.00000162. The van der Waals surface area contributed by atoms with E-state index in [0.717, 1.165) is 10.2 Å². The number of rotatable bonds is 3. The summed E-state index contributed by atoms with van der Waals surface area (Å²) in [5.74, 6) is -0.305. The molecule has 1 aromatic carbocycles. The van der Waals surface area contributed by atoms with Crippen LogP contribution in [0.25, 0.3) is 10.2 Å². The van der Waals surface area contributed by atoms with Crippen LogP contribution in [-0.4, -0.2) is 16.9 Å². The number of benzene rings is 1. The first kappa shape index (κ1) is 14.9. The lowest BCUT2D eigenvalue weighted by Crippen LogP contribution is -2.34. The van der Waals surface area contributed by atoms with Gasteiger partial charge in [0.1, 0.15) is 0 Å². The SMILES string of the molecule is CC(N)C(C)C(=O)Nc1nc2ccccc2s1.Cl. The Bertz CT molecular complexity index is 508. The molecule has 2 rings (SSSR count). The van der Waals surface area contributed by atoms with Crippen LogP contribution in [0, 0.1) is 5.92 Å². The van der Waals surface area contributed by atoms with Crippen LogP contribution in [0.5, 0.6) is 0 Å². The third-order valence-electron chi connectivity index (χ3n) is 2.73. The second-order valence-corrected chi connectivity index (χ2v) is 5.15. The van der Waals surface area contributed by atoms with Crippen molar-refractivity contribution in [2.75, 3.05) is 5.32 Å². The van der Waals surface area contributed by atoms with Gasteiger partial charge in [-0.05, 0) is 19.1 Å². The number of amides is 1. The molecule has 0 saturated heterocycles. The van der Waals surface area contributed by atoms with E-state index in [4.69, 9.17) is 5.73 Å². The number of carbonyl (C=O) groups is 1. The van der Waals surface area contributed by atoms with Crippen LogP contribution in [-0.2, 0) is 4.79 Å². The van der Waals surface area contributed by atoms with E-state index < -0.39 is 0 Å². The second kappa shape index (κ2) is 6.13. The predicted molar refractivity (Wildman–Crippen MR) is 78.3 cm³/mol. The van der Waals surface area contributed by atoms with E-state index in [9.17, 15) is 4.79 Å². The lowest BCUT2D eigenvalue weighted by Gasteiger charge is -2.13. The fourth-order valence-electron chi connectivity index (χ4n) is 1.38. The van der Waals surface area contributed by atoms with E-state index in [2.05, 4.69) is 10.3 Å². The highest BCUT2D eigenvalue weighted by Crippen LogP contribution is 2.25. The summed E-state index contributed by atoms with van der Waals surface area (Å²) in [6.45, 7) is 3.63. The van der Waals surface area contributed by atoms with Crippen molar-refractivity contribution in [2.24, 2.45) is 11.7 Å². The van der Waals surface area contributed by atoms with Gasteiger partial charge in [-0.25, -0.2) is 4.98 Å². The number of anilines is 1. The summed E-state index contributed by atoms with van der Waals surface area (Å²) in [7, 11) is 0. The average molecular weight is 286 g/mol. The molecule has 2 aromatic rings. The molecule has 2 atom stereocenters. The largest absolute Gasteiger partial charge is 0.327 e. The van der Waals surface area contributed by atoms with E-state index in [-0.39, 0.29) is 30.3 Å². The van der Waals surface area contributed by atoms with Crippen LogP contribution >= 0.6 is 23.7 Å². The smallest absolute Gasteiger partial charge is 0.230 e. The van der Waals surface area contributed by atoms with Crippen molar-refractivity contribution in [3.05, 3.63) is 24.3 Å². The van der Waals surface area contributed by atoms with Crippen LogP contribution in [0.2, 0.25) is 0 Å². The Morgan fingerprint density at radius 2 is 2.06 bits per heavy atom. The first-order valence-electron chi connectivity index (χ1n) is 5.50. The maximum atomic E-state index is 11.8. The number of hydrogen-bond donors (Lipinski definition) is 2. The molecule has 0 aliphatic rings. The molecule has 6 heteroatoms. The van der Waals surface area contributed by atoms with E-state index in [1.807, 2.05) is 38.1 Å². The summed E-state index contributed by atoms with van der Waals surface area (Å²) >= 11 is 1.47. The number of para-hydroxylation sites is 1. The summed E-state index contributed by atoms with van der Waals surface area (Å²) in [5.41, 5.74) is 6.59. The molecule has 0 aliphatic carbocycles. The van der Waals surface area contributed by atoms with Gasteiger partial charge in [0.15, 0.2) is 5.13 Å². The number of thiazole rings is 1. The maximum absolute atomic E-state index is 11.8. The zero-order valence-electron chi connectivity index (χ0n) is 10.2. The third kappa shape index (κ3) is 3.19. The summed E-state index contributed by atoms with van der Waals surface area (Å²) < 4.78 is 1.07. The van der Waals surface area contributed by atoms with Gasteiger partial charge in [-0.2, -0.15) is 0 Å². The summed E-state index contributed by atoms with van der Waals surface area (Å²) in [6.07, 6.45) is 0. The molecule has 98 valence electrons. The molecule has 0 spiro atoms. The van der Waals surface area contributed by atoms with Crippen LogP contribution in [0.3, 0.4) is 0 Å². The summed E-state index contributed by atoms with van der Waals surface area (Å²) in [4.78, 5) is 16.1. The van der Waals surface area contributed by atoms with E-state index >= 15 is 0 Å². The number of aromatic nitrogens is 1. The van der Waals surface area contributed by atoms with Crippen molar-refractivity contribution in [2.45, 2.75) is 19.9 Å². The van der Waals surface area contributed by atoms with Crippen LogP contribution in [0.15, 0.2) is 24.3 Å². The third-order valence-corrected chi connectivity index (χ3v) is 3.68. The number of hydrogen-bond acceptors (Lipinski definition) is 4. The molecule has 0 fully saturated rings. The van der Waals surface area contributed by atoms with Gasteiger partial charge in [-0.15, -0.1) is 12.4 Å². The van der Waals surface area contributed by atoms with Crippen molar-refractivity contribution >= 4 is 45.0 Å². The van der Waals surface area contributed by atoms with Gasteiger partial charge in [0.05, 0.1) is 16.1 Å². The minimum absolute atomic E-state index is 0. The molecule has 0 bridgehead atoms. The molecule has 2 unspecified atom stereocenters. The predicted octanol–water partition coefficient (Wildman–Crippen LogP) is 2.64. The second-order valence-electron chi connectivity index (χ2n) is 4.12. The highest BCUT2D eigenvalue weighted by molar-refractivity contribution is 7.22. The number of nitrogens with two attached hydrogens (primary N) is 1.